The third-order valence-corrected chi connectivity index (χ3v) is 7.12. The Morgan fingerprint density at radius 1 is 1.15 bits per heavy atom. The fourth-order valence-corrected chi connectivity index (χ4v) is 5.18. The zero-order valence-corrected chi connectivity index (χ0v) is 20.1. The van der Waals surface area contributed by atoms with Crippen LogP contribution in [0, 0.1) is 0 Å². The average molecular weight is 474 g/mol. The number of ether oxygens (including phenoxy) is 3. The fourth-order valence-electron chi connectivity index (χ4n) is 4.25. The third kappa shape index (κ3) is 5.52. The zero-order valence-electron chi connectivity index (χ0n) is 19.3. The van der Waals surface area contributed by atoms with Crippen LogP contribution < -0.4 is 15.0 Å². The van der Waals surface area contributed by atoms with Crippen LogP contribution in [0.1, 0.15) is 32.1 Å². The number of benzene rings is 1. The molecule has 0 saturated carbocycles. The molecule has 2 aromatic rings. The van der Waals surface area contributed by atoms with E-state index < -0.39 is 0 Å². The maximum absolute atomic E-state index is 13.5. The summed E-state index contributed by atoms with van der Waals surface area (Å²) in [4.78, 5) is 32.8. The van der Waals surface area contributed by atoms with Gasteiger partial charge in [-0.25, -0.2) is 4.98 Å². The van der Waals surface area contributed by atoms with Crippen LogP contribution >= 0.6 is 11.8 Å². The van der Waals surface area contributed by atoms with Gasteiger partial charge in [0, 0.05) is 25.7 Å². The number of fused-ring (bicyclic) bond motifs is 1. The van der Waals surface area contributed by atoms with Crippen LogP contribution in [0.15, 0.2) is 33.7 Å². The van der Waals surface area contributed by atoms with E-state index in [4.69, 9.17) is 19.2 Å². The van der Waals surface area contributed by atoms with Crippen molar-refractivity contribution in [1.82, 2.24) is 14.5 Å². The normalized spacial score (nSPS) is 16.5. The van der Waals surface area contributed by atoms with Crippen molar-refractivity contribution in [1.29, 1.82) is 0 Å². The van der Waals surface area contributed by atoms with Gasteiger partial charge in [0.05, 0.1) is 44.1 Å². The molecule has 9 heteroatoms. The van der Waals surface area contributed by atoms with Crippen LogP contribution in [-0.2, 0) is 16.1 Å². The smallest absolute Gasteiger partial charge is 0.262 e. The van der Waals surface area contributed by atoms with Gasteiger partial charge in [0.15, 0.2) is 16.7 Å². The molecule has 1 saturated heterocycles. The first-order chi connectivity index (χ1) is 16.1. The molecule has 0 spiro atoms. The molecule has 1 fully saturated rings. The molecule has 0 radical (unpaired) electrons. The highest BCUT2D eigenvalue weighted by molar-refractivity contribution is 7.99. The van der Waals surface area contributed by atoms with Gasteiger partial charge in [-0.15, -0.1) is 0 Å². The molecule has 1 aliphatic heterocycles. The monoisotopic (exact) mass is 473 g/mol. The van der Waals surface area contributed by atoms with Gasteiger partial charge < -0.3 is 19.1 Å². The lowest BCUT2D eigenvalue weighted by Crippen LogP contribution is -2.41. The van der Waals surface area contributed by atoms with E-state index in [0.29, 0.717) is 60.4 Å². The number of thioether (sulfide) groups is 1. The van der Waals surface area contributed by atoms with Crippen LogP contribution in [0.5, 0.6) is 11.5 Å². The number of allylic oxidation sites excluding steroid dienone is 2. The summed E-state index contributed by atoms with van der Waals surface area (Å²) in [6.45, 7) is 2.86. The van der Waals surface area contributed by atoms with Gasteiger partial charge in [-0.05, 0) is 38.2 Å². The summed E-state index contributed by atoms with van der Waals surface area (Å²) >= 11 is 1.32. The number of rotatable bonds is 8. The number of aromatic nitrogens is 2. The summed E-state index contributed by atoms with van der Waals surface area (Å²) < 4.78 is 17.8. The average Bonchev–Trinajstić information content (AvgIpc) is 2.87. The van der Waals surface area contributed by atoms with Crippen molar-refractivity contribution in [2.24, 2.45) is 0 Å². The lowest BCUT2D eigenvalue weighted by molar-refractivity contribution is -0.132. The number of methoxy groups -OCH3 is 2. The molecular weight excluding hydrogens is 442 g/mol. The quantitative estimate of drug-likeness (QED) is 0.331. The van der Waals surface area contributed by atoms with Crippen LogP contribution in [-0.4, -0.2) is 66.6 Å². The summed E-state index contributed by atoms with van der Waals surface area (Å²) in [6.07, 6.45) is 7.72. The molecule has 8 nitrogen and oxygen atoms in total. The summed E-state index contributed by atoms with van der Waals surface area (Å²) in [5.74, 6) is 1.27. The van der Waals surface area contributed by atoms with Gasteiger partial charge in [0.2, 0.25) is 5.91 Å². The predicted molar refractivity (Wildman–Crippen MR) is 128 cm³/mol. The Morgan fingerprint density at radius 3 is 2.61 bits per heavy atom. The Bertz CT molecular complexity index is 1090. The molecule has 2 heterocycles. The maximum atomic E-state index is 13.5. The van der Waals surface area contributed by atoms with Gasteiger partial charge >= 0.3 is 0 Å². The van der Waals surface area contributed by atoms with Crippen molar-refractivity contribution < 1.29 is 19.0 Å². The van der Waals surface area contributed by atoms with Gasteiger partial charge in [-0.2, -0.15) is 0 Å². The molecule has 0 bridgehead atoms. The standard InChI is InChI=1S/C24H31N3O5S/c1-30-20-14-18-19(15-21(20)31-2)25-24(33-16-22(28)26-10-12-32-13-11-26)27(23(18)29)9-8-17-6-4-3-5-7-17/h6,14-15H,3-5,7-13,16H2,1-2H3. The van der Waals surface area contributed by atoms with E-state index >= 15 is 0 Å². The van der Waals surface area contributed by atoms with E-state index in [2.05, 4.69) is 6.08 Å². The first kappa shape index (κ1) is 23.6. The molecule has 1 amide bonds. The van der Waals surface area contributed by atoms with Crippen LogP contribution in [0.2, 0.25) is 0 Å². The Balaban J connectivity index is 1.65. The SMILES string of the molecule is COc1cc2nc(SCC(=O)N3CCOCC3)n(CCC3=CCCCC3)c(=O)c2cc1OC. The number of carbonyl (C=O) groups excluding carboxylic acids is 1. The van der Waals surface area contributed by atoms with E-state index in [1.807, 2.05) is 0 Å². The zero-order chi connectivity index (χ0) is 23.2. The molecule has 33 heavy (non-hydrogen) atoms. The molecule has 1 aliphatic carbocycles. The molecule has 4 rings (SSSR count). The number of morpholine rings is 1. The highest BCUT2D eigenvalue weighted by atomic mass is 32.2. The highest BCUT2D eigenvalue weighted by Gasteiger charge is 2.20. The summed E-state index contributed by atoms with van der Waals surface area (Å²) in [6, 6.07) is 3.41. The topological polar surface area (TPSA) is 82.9 Å². The number of nitrogens with zero attached hydrogens (tertiary/aromatic N) is 3. The van der Waals surface area contributed by atoms with Crippen molar-refractivity contribution in [2.45, 2.75) is 43.8 Å². The third-order valence-electron chi connectivity index (χ3n) is 6.15. The van der Waals surface area contributed by atoms with Crippen molar-refractivity contribution in [2.75, 3.05) is 46.3 Å². The number of carbonyl (C=O) groups is 1. The minimum Gasteiger partial charge on any atom is -0.493 e. The number of hydrogen-bond donors (Lipinski definition) is 0. The van der Waals surface area contributed by atoms with E-state index in [1.54, 1.807) is 35.8 Å². The van der Waals surface area contributed by atoms with Crippen molar-refractivity contribution >= 4 is 28.6 Å². The molecular formula is C24H31N3O5S. The molecule has 2 aliphatic rings. The van der Waals surface area contributed by atoms with E-state index in [-0.39, 0.29) is 17.2 Å². The molecule has 1 aromatic carbocycles. The highest BCUT2D eigenvalue weighted by Crippen LogP contribution is 2.31. The Morgan fingerprint density at radius 2 is 1.91 bits per heavy atom. The second kappa shape index (κ2) is 11.1. The van der Waals surface area contributed by atoms with Gasteiger partial charge in [-0.1, -0.05) is 23.4 Å². The van der Waals surface area contributed by atoms with Gasteiger partial charge in [0.25, 0.3) is 5.56 Å². The predicted octanol–water partition coefficient (Wildman–Crippen LogP) is 3.26. The lowest BCUT2D eigenvalue weighted by atomic mass is 9.97. The molecule has 0 atom stereocenters. The van der Waals surface area contributed by atoms with E-state index in [0.717, 1.165) is 19.3 Å². The van der Waals surface area contributed by atoms with E-state index in [9.17, 15) is 9.59 Å². The molecule has 1 aromatic heterocycles. The Kier molecular flexibility index (Phi) is 7.93. The minimum absolute atomic E-state index is 0.0338. The largest absolute Gasteiger partial charge is 0.493 e. The summed E-state index contributed by atoms with van der Waals surface area (Å²) in [7, 11) is 3.10. The Hall–Kier alpha value is -2.52. The van der Waals surface area contributed by atoms with Crippen molar-refractivity contribution in [3.8, 4) is 11.5 Å². The lowest BCUT2D eigenvalue weighted by Gasteiger charge is -2.26. The molecule has 0 unspecified atom stereocenters. The van der Waals surface area contributed by atoms with Crippen LogP contribution in [0.4, 0.5) is 0 Å². The fraction of sp³-hybridized carbons (Fsp3) is 0.542. The maximum Gasteiger partial charge on any atom is 0.262 e. The Labute approximate surface area is 197 Å². The minimum atomic E-state index is -0.126. The first-order valence-corrected chi connectivity index (χ1v) is 12.4. The number of hydrogen-bond acceptors (Lipinski definition) is 7. The van der Waals surface area contributed by atoms with Gasteiger partial charge in [0.1, 0.15) is 0 Å². The van der Waals surface area contributed by atoms with Crippen LogP contribution in [0.3, 0.4) is 0 Å². The summed E-state index contributed by atoms with van der Waals surface area (Å²) in [5.41, 5.74) is 1.80. The van der Waals surface area contributed by atoms with E-state index in [1.165, 1.54) is 30.2 Å². The van der Waals surface area contributed by atoms with Gasteiger partial charge in [-0.3, -0.25) is 14.2 Å². The second-order valence-corrected chi connectivity index (χ2v) is 9.16. The van der Waals surface area contributed by atoms with Crippen molar-refractivity contribution in [3.05, 3.63) is 34.1 Å². The second-order valence-electron chi connectivity index (χ2n) is 8.22. The molecule has 0 N–H and O–H groups in total. The van der Waals surface area contributed by atoms with Crippen molar-refractivity contribution in [3.63, 3.8) is 0 Å². The van der Waals surface area contributed by atoms with Crippen LogP contribution in [0.25, 0.3) is 10.9 Å². The number of amides is 1. The molecule has 178 valence electrons. The first-order valence-electron chi connectivity index (χ1n) is 11.4. The summed E-state index contributed by atoms with van der Waals surface area (Å²) in [5, 5.41) is 1.03.